The summed E-state index contributed by atoms with van der Waals surface area (Å²) >= 11 is 0. The molecule has 2 N–H and O–H groups in total. The van der Waals surface area contributed by atoms with Crippen molar-refractivity contribution in [3.63, 3.8) is 0 Å². The highest BCUT2D eigenvalue weighted by Crippen LogP contribution is 2.50. The van der Waals surface area contributed by atoms with Crippen LogP contribution >= 0.6 is 0 Å². The van der Waals surface area contributed by atoms with Gasteiger partial charge in [-0.25, -0.2) is 0 Å². The van der Waals surface area contributed by atoms with Crippen molar-refractivity contribution in [1.29, 1.82) is 0 Å². The highest BCUT2D eigenvalue weighted by atomic mass is 16.5. The summed E-state index contributed by atoms with van der Waals surface area (Å²) < 4.78 is 5.58. The van der Waals surface area contributed by atoms with Gasteiger partial charge in [0.1, 0.15) is 0 Å². The van der Waals surface area contributed by atoms with E-state index in [2.05, 4.69) is 45.9 Å². The summed E-state index contributed by atoms with van der Waals surface area (Å²) in [6, 6.07) is 6.74. The monoisotopic (exact) mass is 247 g/mol. The van der Waals surface area contributed by atoms with Gasteiger partial charge in [-0.3, -0.25) is 0 Å². The molecule has 0 atom stereocenters. The van der Waals surface area contributed by atoms with E-state index in [-0.39, 0.29) is 10.8 Å². The van der Waals surface area contributed by atoms with E-state index in [0.29, 0.717) is 0 Å². The second kappa shape index (κ2) is 4.67. The summed E-state index contributed by atoms with van der Waals surface area (Å²) in [4.78, 5) is 0. The van der Waals surface area contributed by atoms with Crippen LogP contribution in [0, 0.1) is 19.3 Å². The van der Waals surface area contributed by atoms with Crippen LogP contribution in [0.15, 0.2) is 18.2 Å². The molecule has 2 nitrogen and oxygen atoms in total. The molecule has 1 aliphatic rings. The Balaban J connectivity index is 2.47. The highest BCUT2D eigenvalue weighted by Gasteiger charge is 2.52. The summed E-state index contributed by atoms with van der Waals surface area (Å²) in [5, 5.41) is 0. The Morgan fingerprint density at radius 3 is 2.44 bits per heavy atom. The Morgan fingerprint density at radius 2 is 1.94 bits per heavy atom. The van der Waals surface area contributed by atoms with Gasteiger partial charge in [-0.1, -0.05) is 37.6 Å². The van der Waals surface area contributed by atoms with Crippen molar-refractivity contribution in [3.8, 4) is 0 Å². The number of rotatable bonds is 4. The van der Waals surface area contributed by atoms with Gasteiger partial charge in [-0.05, 0) is 43.4 Å². The lowest BCUT2D eigenvalue weighted by Gasteiger charge is -2.53. The Morgan fingerprint density at radius 1 is 1.28 bits per heavy atom. The first-order valence-electron chi connectivity index (χ1n) is 6.78. The molecule has 2 rings (SSSR count). The predicted octanol–water partition coefficient (Wildman–Crippen LogP) is 2.95. The van der Waals surface area contributed by atoms with Crippen LogP contribution in [0.2, 0.25) is 0 Å². The van der Waals surface area contributed by atoms with E-state index >= 15 is 0 Å². The molecule has 1 fully saturated rings. The van der Waals surface area contributed by atoms with E-state index in [0.717, 1.165) is 26.2 Å². The Hall–Kier alpha value is -0.860. The molecule has 2 heteroatoms. The SMILES string of the molecule is Cc1ccc(C)c(C2(C(C)(C)CCN)COC2)c1. The molecule has 0 aliphatic carbocycles. The largest absolute Gasteiger partial charge is 0.379 e. The maximum atomic E-state index is 5.80. The molecule has 0 saturated carbocycles. The molecule has 0 amide bonds. The van der Waals surface area contributed by atoms with E-state index in [9.17, 15) is 0 Å². The summed E-state index contributed by atoms with van der Waals surface area (Å²) in [5.41, 5.74) is 10.3. The minimum atomic E-state index is 0.141. The van der Waals surface area contributed by atoms with Crippen molar-refractivity contribution in [2.75, 3.05) is 19.8 Å². The van der Waals surface area contributed by atoms with Gasteiger partial charge in [-0.15, -0.1) is 0 Å². The van der Waals surface area contributed by atoms with Crippen LogP contribution in [0.5, 0.6) is 0 Å². The normalized spacial score (nSPS) is 18.5. The first-order valence-corrected chi connectivity index (χ1v) is 6.78. The van der Waals surface area contributed by atoms with Crippen LogP contribution in [0.4, 0.5) is 0 Å². The molecule has 1 heterocycles. The van der Waals surface area contributed by atoms with Gasteiger partial charge in [0.15, 0.2) is 0 Å². The molecule has 1 aromatic rings. The number of aryl methyl sites for hydroxylation is 2. The van der Waals surface area contributed by atoms with Gasteiger partial charge in [0.2, 0.25) is 0 Å². The van der Waals surface area contributed by atoms with Crippen molar-refractivity contribution in [3.05, 3.63) is 34.9 Å². The third-order valence-electron chi connectivity index (χ3n) is 4.67. The van der Waals surface area contributed by atoms with E-state index in [4.69, 9.17) is 10.5 Å². The number of hydrogen-bond acceptors (Lipinski definition) is 2. The average molecular weight is 247 g/mol. The third-order valence-corrected chi connectivity index (χ3v) is 4.67. The second-order valence-electron chi connectivity index (χ2n) is 6.32. The van der Waals surface area contributed by atoms with Crippen LogP contribution in [0.25, 0.3) is 0 Å². The molecule has 1 aromatic carbocycles. The minimum absolute atomic E-state index is 0.141. The lowest BCUT2D eigenvalue weighted by molar-refractivity contribution is -0.121. The van der Waals surface area contributed by atoms with Gasteiger partial charge in [0, 0.05) is 5.41 Å². The van der Waals surface area contributed by atoms with Crippen LogP contribution in [-0.4, -0.2) is 19.8 Å². The summed E-state index contributed by atoms with van der Waals surface area (Å²) in [7, 11) is 0. The van der Waals surface area contributed by atoms with Crippen molar-refractivity contribution in [2.24, 2.45) is 11.1 Å². The predicted molar refractivity (Wildman–Crippen MR) is 75.9 cm³/mol. The zero-order chi connectivity index (χ0) is 13.4. The van der Waals surface area contributed by atoms with Crippen molar-refractivity contribution < 1.29 is 4.74 Å². The zero-order valence-corrected chi connectivity index (χ0v) is 12.0. The number of hydrogen-bond donors (Lipinski definition) is 1. The summed E-state index contributed by atoms with van der Waals surface area (Å²) in [6.45, 7) is 11.4. The van der Waals surface area contributed by atoms with Crippen LogP contribution in [0.1, 0.15) is 37.0 Å². The van der Waals surface area contributed by atoms with E-state index in [1.54, 1.807) is 0 Å². The topological polar surface area (TPSA) is 35.2 Å². The Labute approximate surface area is 111 Å². The third kappa shape index (κ3) is 1.98. The molecule has 0 bridgehead atoms. The van der Waals surface area contributed by atoms with E-state index in [1.807, 2.05) is 0 Å². The fourth-order valence-electron chi connectivity index (χ4n) is 3.07. The molecule has 1 saturated heterocycles. The smallest absolute Gasteiger partial charge is 0.0590 e. The average Bonchev–Trinajstić information content (AvgIpc) is 2.21. The fourth-order valence-corrected chi connectivity index (χ4v) is 3.07. The standard InChI is InChI=1S/C16H25NO/c1-12-5-6-13(2)14(9-12)16(10-18-11-16)15(3,4)7-8-17/h5-6,9H,7-8,10-11,17H2,1-4H3. The molecular formula is C16H25NO. The fraction of sp³-hybridized carbons (Fsp3) is 0.625. The van der Waals surface area contributed by atoms with Gasteiger partial charge in [0.05, 0.1) is 13.2 Å². The number of benzene rings is 1. The summed E-state index contributed by atoms with van der Waals surface area (Å²) in [5.74, 6) is 0. The van der Waals surface area contributed by atoms with Gasteiger partial charge < -0.3 is 10.5 Å². The van der Waals surface area contributed by atoms with Crippen LogP contribution in [0.3, 0.4) is 0 Å². The molecule has 0 spiro atoms. The lowest BCUT2D eigenvalue weighted by Crippen LogP contribution is -2.57. The second-order valence-corrected chi connectivity index (χ2v) is 6.32. The van der Waals surface area contributed by atoms with E-state index in [1.165, 1.54) is 16.7 Å². The van der Waals surface area contributed by atoms with Crippen LogP contribution < -0.4 is 5.73 Å². The van der Waals surface area contributed by atoms with Crippen molar-refractivity contribution in [1.82, 2.24) is 0 Å². The first-order chi connectivity index (χ1) is 8.43. The molecule has 100 valence electrons. The van der Waals surface area contributed by atoms with Gasteiger partial charge in [0.25, 0.3) is 0 Å². The quantitative estimate of drug-likeness (QED) is 0.888. The molecule has 0 radical (unpaired) electrons. The molecule has 1 aliphatic heterocycles. The Bertz CT molecular complexity index is 433. The highest BCUT2D eigenvalue weighted by molar-refractivity contribution is 5.40. The maximum Gasteiger partial charge on any atom is 0.0590 e. The Kier molecular flexibility index (Phi) is 3.52. The molecule has 18 heavy (non-hydrogen) atoms. The van der Waals surface area contributed by atoms with E-state index < -0.39 is 0 Å². The number of nitrogens with two attached hydrogens (primary N) is 1. The molecular weight excluding hydrogens is 222 g/mol. The minimum Gasteiger partial charge on any atom is -0.379 e. The van der Waals surface area contributed by atoms with Gasteiger partial charge in [-0.2, -0.15) is 0 Å². The van der Waals surface area contributed by atoms with Crippen LogP contribution in [-0.2, 0) is 10.2 Å². The van der Waals surface area contributed by atoms with Crippen molar-refractivity contribution >= 4 is 0 Å². The molecule has 0 aromatic heterocycles. The van der Waals surface area contributed by atoms with Crippen molar-refractivity contribution in [2.45, 2.75) is 39.5 Å². The number of ether oxygens (including phenoxy) is 1. The molecule has 0 unspecified atom stereocenters. The first kappa shape index (κ1) is 13.6. The lowest BCUT2D eigenvalue weighted by atomic mass is 9.58. The zero-order valence-electron chi connectivity index (χ0n) is 12.0. The summed E-state index contributed by atoms with van der Waals surface area (Å²) in [6.07, 6.45) is 1.03. The van der Waals surface area contributed by atoms with Gasteiger partial charge >= 0.3 is 0 Å². The maximum absolute atomic E-state index is 5.80.